The highest BCUT2D eigenvalue weighted by Gasteiger charge is 2.37. The third-order valence-corrected chi connectivity index (χ3v) is 6.07. The lowest BCUT2D eigenvalue weighted by atomic mass is 9.94. The Morgan fingerprint density at radius 1 is 1.05 bits per heavy atom. The van der Waals surface area contributed by atoms with Gasteiger partial charge in [0, 0.05) is 12.2 Å². The Kier molecular flexibility index (Phi) is 10.5. The van der Waals surface area contributed by atoms with E-state index in [1.807, 2.05) is 45.9 Å². The summed E-state index contributed by atoms with van der Waals surface area (Å²) < 4.78 is 10.6. The van der Waals surface area contributed by atoms with E-state index in [1.54, 1.807) is 58.2 Å². The van der Waals surface area contributed by atoms with Gasteiger partial charge in [0.1, 0.15) is 23.4 Å². The third kappa shape index (κ3) is 8.10. The molecule has 0 saturated heterocycles. The Balaban J connectivity index is 2.54. The van der Waals surface area contributed by atoms with Crippen molar-refractivity contribution in [3.05, 3.63) is 71.8 Å². The fraction of sp³-hybridized carbons (Fsp3) is 0.433. The number of ether oxygens (including phenoxy) is 2. The van der Waals surface area contributed by atoms with E-state index in [1.165, 1.54) is 4.90 Å². The first-order valence-corrected chi connectivity index (χ1v) is 12.7. The Bertz CT molecular complexity index is 1140. The van der Waals surface area contributed by atoms with Crippen molar-refractivity contribution in [2.75, 3.05) is 19.0 Å². The van der Waals surface area contributed by atoms with Gasteiger partial charge >= 0.3 is 6.09 Å². The summed E-state index contributed by atoms with van der Waals surface area (Å²) >= 11 is 0. The summed E-state index contributed by atoms with van der Waals surface area (Å²) in [4.78, 5) is 42.0. The molecule has 206 valence electrons. The Labute approximate surface area is 226 Å². The highest BCUT2D eigenvalue weighted by molar-refractivity contribution is 5.99. The molecule has 2 atom stereocenters. The summed E-state index contributed by atoms with van der Waals surface area (Å²) in [7, 11) is 1.57. The Morgan fingerprint density at radius 2 is 1.68 bits per heavy atom. The van der Waals surface area contributed by atoms with Gasteiger partial charge in [-0.2, -0.15) is 0 Å². The Hall–Kier alpha value is -3.81. The summed E-state index contributed by atoms with van der Waals surface area (Å²) in [5.74, 6) is -0.419. The average Bonchev–Trinajstić information content (AvgIpc) is 2.83. The van der Waals surface area contributed by atoms with Gasteiger partial charge in [-0.3, -0.25) is 9.59 Å². The lowest BCUT2D eigenvalue weighted by Gasteiger charge is -2.35. The van der Waals surface area contributed by atoms with Crippen LogP contribution in [0.2, 0.25) is 0 Å². The van der Waals surface area contributed by atoms with E-state index >= 15 is 0 Å². The summed E-state index contributed by atoms with van der Waals surface area (Å²) in [6, 6.07) is 10.7. The quantitative estimate of drug-likeness (QED) is 0.398. The van der Waals surface area contributed by atoms with Gasteiger partial charge in [-0.05, 0) is 81.5 Å². The molecule has 0 aliphatic heterocycles. The maximum Gasteiger partial charge on any atom is 0.408 e. The highest BCUT2D eigenvalue weighted by atomic mass is 16.6. The number of alkyl carbamates (subject to hydrolysis) is 1. The van der Waals surface area contributed by atoms with Crippen molar-refractivity contribution in [1.82, 2.24) is 10.2 Å². The average molecular weight is 524 g/mol. The number of benzene rings is 2. The molecular formula is C30H41N3O5. The number of aryl methyl sites for hydroxylation is 1. The number of nitrogens with one attached hydrogen (secondary N) is 2. The minimum atomic E-state index is -0.982. The lowest BCUT2D eigenvalue weighted by molar-refractivity contribution is -0.141. The van der Waals surface area contributed by atoms with Crippen LogP contribution < -0.4 is 15.4 Å². The molecule has 0 heterocycles. The second-order valence-corrected chi connectivity index (χ2v) is 10.6. The predicted octanol–water partition coefficient (Wildman–Crippen LogP) is 5.56. The molecule has 0 spiro atoms. The van der Waals surface area contributed by atoms with E-state index in [-0.39, 0.29) is 18.4 Å². The maximum absolute atomic E-state index is 14.0. The SMILES string of the molecule is C=CCN(C(=O)C(NC(=O)OC(C)(C)C)C(C)C)C(C(=O)Nc1ccc(OC)cc1)c1cccc(C)c1C. The lowest BCUT2D eigenvalue weighted by Crippen LogP contribution is -2.54. The van der Waals surface area contributed by atoms with Crippen LogP contribution in [0, 0.1) is 19.8 Å². The van der Waals surface area contributed by atoms with Crippen molar-refractivity contribution in [3.8, 4) is 5.75 Å². The molecule has 0 fully saturated rings. The van der Waals surface area contributed by atoms with Crippen LogP contribution in [0.4, 0.5) is 10.5 Å². The van der Waals surface area contributed by atoms with Crippen molar-refractivity contribution >= 4 is 23.6 Å². The van der Waals surface area contributed by atoms with Crippen molar-refractivity contribution < 1.29 is 23.9 Å². The molecular weight excluding hydrogens is 482 g/mol. The molecule has 0 aliphatic carbocycles. The fourth-order valence-corrected chi connectivity index (χ4v) is 3.99. The standard InChI is InChI=1S/C30H41N3O5/c1-10-18-33(28(35)25(19(2)3)32-29(36)38-30(6,7)8)26(24-13-11-12-20(4)21(24)5)27(34)31-22-14-16-23(37-9)17-15-22/h10-17,19,25-26H,1,18H2,2-9H3,(H,31,34)(H,32,36). The van der Waals surface area contributed by atoms with Gasteiger partial charge in [0.25, 0.3) is 5.91 Å². The van der Waals surface area contributed by atoms with Gasteiger partial charge in [0.15, 0.2) is 0 Å². The number of hydrogen-bond acceptors (Lipinski definition) is 5. The second-order valence-electron chi connectivity index (χ2n) is 10.6. The van der Waals surface area contributed by atoms with Gasteiger partial charge in [-0.1, -0.05) is 38.1 Å². The van der Waals surface area contributed by atoms with Crippen LogP contribution in [0.1, 0.15) is 57.4 Å². The molecule has 8 heteroatoms. The van der Waals surface area contributed by atoms with Crippen LogP contribution >= 0.6 is 0 Å². The van der Waals surface area contributed by atoms with Gasteiger partial charge in [-0.25, -0.2) is 4.79 Å². The normalized spacial score (nSPS) is 12.8. The molecule has 0 saturated carbocycles. The monoisotopic (exact) mass is 523 g/mol. The van der Waals surface area contributed by atoms with Crippen LogP contribution in [0.5, 0.6) is 5.75 Å². The molecule has 2 unspecified atom stereocenters. The first-order chi connectivity index (χ1) is 17.8. The van der Waals surface area contributed by atoms with Crippen molar-refractivity contribution in [2.24, 2.45) is 5.92 Å². The van der Waals surface area contributed by atoms with E-state index in [2.05, 4.69) is 17.2 Å². The number of anilines is 1. The number of hydrogen-bond donors (Lipinski definition) is 2. The van der Waals surface area contributed by atoms with E-state index < -0.39 is 29.7 Å². The minimum Gasteiger partial charge on any atom is -0.497 e. The highest BCUT2D eigenvalue weighted by Crippen LogP contribution is 2.29. The zero-order valence-corrected chi connectivity index (χ0v) is 23.8. The van der Waals surface area contributed by atoms with Crippen LogP contribution in [-0.2, 0) is 14.3 Å². The van der Waals surface area contributed by atoms with E-state index in [0.29, 0.717) is 17.0 Å². The van der Waals surface area contributed by atoms with Crippen LogP contribution in [0.3, 0.4) is 0 Å². The zero-order chi connectivity index (χ0) is 28.6. The summed E-state index contributed by atoms with van der Waals surface area (Å²) in [5.41, 5.74) is 2.40. The number of nitrogens with zero attached hydrogens (tertiary/aromatic N) is 1. The van der Waals surface area contributed by atoms with Crippen molar-refractivity contribution in [3.63, 3.8) is 0 Å². The van der Waals surface area contributed by atoms with Gasteiger partial charge < -0.3 is 25.0 Å². The fourth-order valence-electron chi connectivity index (χ4n) is 3.99. The molecule has 2 aromatic carbocycles. The number of carbonyl (C=O) groups excluding carboxylic acids is 3. The molecule has 0 bridgehead atoms. The minimum absolute atomic E-state index is 0.0894. The molecule has 38 heavy (non-hydrogen) atoms. The molecule has 2 rings (SSSR count). The molecule has 8 nitrogen and oxygen atoms in total. The number of methoxy groups -OCH3 is 1. The molecule has 0 aliphatic rings. The van der Waals surface area contributed by atoms with Gasteiger partial charge in [0.05, 0.1) is 7.11 Å². The molecule has 2 aromatic rings. The van der Waals surface area contributed by atoms with E-state index in [9.17, 15) is 14.4 Å². The number of rotatable bonds is 10. The van der Waals surface area contributed by atoms with Crippen molar-refractivity contribution in [1.29, 1.82) is 0 Å². The summed E-state index contributed by atoms with van der Waals surface area (Å²) in [5, 5.41) is 5.65. The third-order valence-electron chi connectivity index (χ3n) is 6.07. The van der Waals surface area contributed by atoms with E-state index in [0.717, 1.165) is 11.1 Å². The number of carbonyl (C=O) groups is 3. The largest absolute Gasteiger partial charge is 0.497 e. The van der Waals surface area contributed by atoms with Crippen LogP contribution in [0.25, 0.3) is 0 Å². The maximum atomic E-state index is 14.0. The smallest absolute Gasteiger partial charge is 0.408 e. The summed E-state index contributed by atoms with van der Waals surface area (Å²) in [6.07, 6.45) is 0.871. The molecule has 2 N–H and O–H groups in total. The topological polar surface area (TPSA) is 97.0 Å². The Morgan fingerprint density at radius 3 is 2.21 bits per heavy atom. The van der Waals surface area contributed by atoms with Gasteiger partial charge in [-0.15, -0.1) is 6.58 Å². The molecule has 0 aromatic heterocycles. The van der Waals surface area contributed by atoms with Gasteiger partial charge in [0.2, 0.25) is 5.91 Å². The summed E-state index contributed by atoms with van der Waals surface area (Å²) in [6.45, 7) is 16.7. The first kappa shape index (κ1) is 30.4. The molecule has 3 amide bonds. The number of amides is 3. The first-order valence-electron chi connectivity index (χ1n) is 12.7. The van der Waals surface area contributed by atoms with E-state index in [4.69, 9.17) is 9.47 Å². The zero-order valence-electron chi connectivity index (χ0n) is 23.8. The van der Waals surface area contributed by atoms with Crippen LogP contribution in [-0.4, -0.2) is 48.1 Å². The second kappa shape index (κ2) is 13.1. The van der Waals surface area contributed by atoms with Crippen molar-refractivity contribution in [2.45, 2.75) is 66.2 Å². The van der Waals surface area contributed by atoms with Crippen LogP contribution in [0.15, 0.2) is 55.1 Å². The predicted molar refractivity (Wildman–Crippen MR) is 150 cm³/mol. The molecule has 0 radical (unpaired) electrons.